The molecule has 2 aliphatic heterocycles. The van der Waals surface area contributed by atoms with Gasteiger partial charge in [0.1, 0.15) is 18.3 Å². The van der Waals surface area contributed by atoms with Crippen LogP contribution in [0.25, 0.3) is 0 Å². The number of aryl methyl sites for hydroxylation is 1. The van der Waals surface area contributed by atoms with Crippen LogP contribution >= 0.6 is 0 Å². The zero-order valence-corrected chi connectivity index (χ0v) is 11.6. The smallest absolute Gasteiger partial charge is 0.328 e. The average Bonchev–Trinajstić information content (AvgIpc) is 2.46. The molecule has 1 aromatic heterocycles. The summed E-state index contributed by atoms with van der Waals surface area (Å²) in [7, 11) is 0. The minimum absolute atomic E-state index is 0.316. The molecule has 5 atom stereocenters. The molecular formula is C13H18N2O6. The molecule has 0 radical (unpaired) electrons. The van der Waals surface area contributed by atoms with Crippen molar-refractivity contribution in [2.45, 2.75) is 43.8 Å². The van der Waals surface area contributed by atoms with E-state index in [1.807, 2.05) is 0 Å². The Kier molecular flexibility index (Phi) is 3.70. The number of aliphatic hydroxyl groups is 2. The largest absolute Gasteiger partial charge is 0.394 e. The zero-order valence-electron chi connectivity index (χ0n) is 11.6. The lowest BCUT2D eigenvalue weighted by atomic mass is 9.89. The predicted octanol–water partition coefficient (Wildman–Crippen LogP) is -1.70. The molecule has 3 N–H and O–H groups in total. The molecule has 3 rings (SSSR count). The van der Waals surface area contributed by atoms with Crippen molar-refractivity contribution in [3.63, 3.8) is 0 Å². The van der Waals surface area contributed by atoms with Gasteiger partial charge in [0.05, 0.1) is 18.8 Å². The molecule has 2 fully saturated rings. The van der Waals surface area contributed by atoms with Crippen LogP contribution < -0.4 is 11.2 Å². The third-order valence-electron chi connectivity index (χ3n) is 4.14. The highest BCUT2D eigenvalue weighted by molar-refractivity contribution is 5.06. The first kappa shape index (κ1) is 14.5. The summed E-state index contributed by atoms with van der Waals surface area (Å²) in [6.45, 7) is 1.70. The summed E-state index contributed by atoms with van der Waals surface area (Å²) in [6, 6.07) is -0.528. The minimum Gasteiger partial charge on any atom is -0.394 e. The topological polar surface area (TPSA) is 114 Å². The Balaban J connectivity index is 2.04. The van der Waals surface area contributed by atoms with Crippen LogP contribution in [0.5, 0.6) is 0 Å². The molecule has 3 heterocycles. The number of nitrogens with zero attached hydrogens (tertiary/aromatic N) is 1. The van der Waals surface area contributed by atoms with Crippen molar-refractivity contribution in [3.05, 3.63) is 32.6 Å². The van der Waals surface area contributed by atoms with Crippen molar-refractivity contribution in [3.8, 4) is 0 Å². The highest BCUT2D eigenvalue weighted by Crippen LogP contribution is 2.36. The van der Waals surface area contributed by atoms with Crippen molar-refractivity contribution in [1.82, 2.24) is 9.55 Å². The Hall–Kier alpha value is -1.48. The predicted molar refractivity (Wildman–Crippen MR) is 71.2 cm³/mol. The van der Waals surface area contributed by atoms with Crippen LogP contribution in [-0.2, 0) is 9.47 Å². The van der Waals surface area contributed by atoms with E-state index in [1.165, 1.54) is 10.8 Å². The van der Waals surface area contributed by atoms with Gasteiger partial charge in [-0.1, -0.05) is 0 Å². The molecule has 8 nitrogen and oxygen atoms in total. The number of fused-ring (bicyclic) bond motifs is 2. The van der Waals surface area contributed by atoms with Crippen LogP contribution in [-0.4, -0.2) is 57.4 Å². The number of aromatic nitrogens is 2. The maximum atomic E-state index is 12.0. The summed E-state index contributed by atoms with van der Waals surface area (Å²) in [6.07, 6.45) is -0.762. The highest BCUT2D eigenvalue weighted by atomic mass is 16.6. The Bertz CT molecular complexity index is 638. The number of aromatic amines is 1. The van der Waals surface area contributed by atoms with E-state index in [1.54, 1.807) is 6.92 Å². The molecule has 2 saturated heterocycles. The summed E-state index contributed by atoms with van der Waals surface area (Å²) in [5.41, 5.74) is -0.603. The summed E-state index contributed by atoms with van der Waals surface area (Å²) < 4.78 is 12.6. The molecule has 21 heavy (non-hydrogen) atoms. The molecule has 0 aromatic carbocycles. The first-order chi connectivity index (χ1) is 10.0. The van der Waals surface area contributed by atoms with Crippen LogP contribution in [0.1, 0.15) is 18.0 Å². The molecule has 0 saturated carbocycles. The second kappa shape index (κ2) is 5.38. The number of nitrogens with one attached hydrogen (secondary N) is 1. The normalized spacial score (nSPS) is 35.7. The lowest BCUT2D eigenvalue weighted by molar-refractivity contribution is -0.246. The van der Waals surface area contributed by atoms with Crippen LogP contribution in [0.2, 0.25) is 0 Å². The molecule has 2 bridgehead atoms. The van der Waals surface area contributed by atoms with E-state index in [0.717, 1.165) is 0 Å². The monoisotopic (exact) mass is 298 g/mol. The van der Waals surface area contributed by atoms with E-state index in [9.17, 15) is 19.8 Å². The maximum absolute atomic E-state index is 12.0. The van der Waals surface area contributed by atoms with Gasteiger partial charge in [0.25, 0.3) is 5.56 Å². The standard InChI is InChI=1S/C13H18N2O6/c1-6-4-15(13(19)14-12(6)18)9-7-2-3-20-11(9)10(17)8(5-16)21-7/h4,7-11,16-17H,2-3,5H2,1H3,(H,14,18,19)/t7?,8-,9-,10+,11?/m1/s1. The molecule has 0 spiro atoms. The fourth-order valence-corrected chi connectivity index (χ4v) is 3.06. The summed E-state index contributed by atoms with van der Waals surface area (Å²) in [5, 5.41) is 19.5. The minimum atomic E-state index is -1.03. The first-order valence-electron chi connectivity index (χ1n) is 6.91. The number of aliphatic hydroxyl groups excluding tert-OH is 2. The Morgan fingerprint density at radius 3 is 2.95 bits per heavy atom. The third kappa shape index (κ3) is 2.34. The molecule has 0 aliphatic carbocycles. The average molecular weight is 298 g/mol. The van der Waals surface area contributed by atoms with Gasteiger partial charge >= 0.3 is 5.69 Å². The highest BCUT2D eigenvalue weighted by Gasteiger charge is 2.49. The Labute approximate surface area is 119 Å². The second-order valence-corrected chi connectivity index (χ2v) is 5.48. The summed E-state index contributed by atoms with van der Waals surface area (Å²) in [5.74, 6) is 0. The lowest BCUT2D eigenvalue weighted by Crippen LogP contribution is -2.61. The molecular weight excluding hydrogens is 280 g/mol. The maximum Gasteiger partial charge on any atom is 0.328 e. The Morgan fingerprint density at radius 1 is 1.48 bits per heavy atom. The van der Waals surface area contributed by atoms with Gasteiger partial charge in [-0.15, -0.1) is 0 Å². The van der Waals surface area contributed by atoms with Gasteiger partial charge in [0.15, 0.2) is 0 Å². The number of H-pyrrole nitrogens is 1. The lowest BCUT2D eigenvalue weighted by Gasteiger charge is -2.48. The number of ether oxygens (including phenoxy) is 2. The molecule has 8 heteroatoms. The van der Waals surface area contributed by atoms with Gasteiger partial charge in [0, 0.05) is 18.4 Å². The van der Waals surface area contributed by atoms with Gasteiger partial charge in [-0.3, -0.25) is 14.3 Å². The number of hydrogen-bond donors (Lipinski definition) is 3. The second-order valence-electron chi connectivity index (χ2n) is 5.48. The molecule has 116 valence electrons. The van der Waals surface area contributed by atoms with Crippen molar-refractivity contribution in [1.29, 1.82) is 0 Å². The van der Waals surface area contributed by atoms with Gasteiger partial charge in [0.2, 0.25) is 0 Å². The van der Waals surface area contributed by atoms with Crippen molar-refractivity contribution in [2.24, 2.45) is 0 Å². The van der Waals surface area contributed by atoms with E-state index in [2.05, 4.69) is 4.98 Å². The molecule has 1 aromatic rings. The third-order valence-corrected chi connectivity index (χ3v) is 4.14. The molecule has 2 aliphatic rings. The van der Waals surface area contributed by atoms with Crippen LogP contribution in [0.4, 0.5) is 0 Å². The van der Waals surface area contributed by atoms with E-state index >= 15 is 0 Å². The molecule has 0 amide bonds. The first-order valence-corrected chi connectivity index (χ1v) is 6.91. The SMILES string of the molecule is Cc1cn([C@@H]2C3CCOC2[C@@H](O)[C@@H](CO)O3)c(=O)[nH]c1=O. The fraction of sp³-hybridized carbons (Fsp3) is 0.692. The van der Waals surface area contributed by atoms with E-state index < -0.39 is 35.6 Å². The number of rotatable bonds is 2. The number of hydrogen-bond acceptors (Lipinski definition) is 6. The zero-order chi connectivity index (χ0) is 15.1. The summed E-state index contributed by atoms with van der Waals surface area (Å²) in [4.78, 5) is 25.8. The van der Waals surface area contributed by atoms with E-state index in [0.29, 0.717) is 18.6 Å². The molecule has 2 unspecified atom stereocenters. The van der Waals surface area contributed by atoms with Crippen LogP contribution in [0, 0.1) is 6.92 Å². The summed E-state index contributed by atoms with van der Waals surface area (Å²) >= 11 is 0. The van der Waals surface area contributed by atoms with Crippen molar-refractivity contribution < 1.29 is 19.7 Å². The van der Waals surface area contributed by atoms with Crippen molar-refractivity contribution >= 4 is 0 Å². The van der Waals surface area contributed by atoms with E-state index in [-0.39, 0.29) is 12.7 Å². The van der Waals surface area contributed by atoms with Gasteiger partial charge in [-0.05, 0) is 13.3 Å². The van der Waals surface area contributed by atoms with Gasteiger partial charge < -0.3 is 19.7 Å². The Morgan fingerprint density at radius 2 is 2.24 bits per heavy atom. The van der Waals surface area contributed by atoms with E-state index in [4.69, 9.17) is 9.47 Å². The van der Waals surface area contributed by atoms with Gasteiger partial charge in [-0.2, -0.15) is 0 Å². The van der Waals surface area contributed by atoms with Gasteiger partial charge in [-0.25, -0.2) is 4.79 Å². The fourth-order valence-electron chi connectivity index (χ4n) is 3.06. The van der Waals surface area contributed by atoms with Crippen molar-refractivity contribution in [2.75, 3.05) is 13.2 Å². The van der Waals surface area contributed by atoms with Crippen LogP contribution in [0.15, 0.2) is 15.8 Å². The quantitative estimate of drug-likeness (QED) is 0.599. The van der Waals surface area contributed by atoms with Crippen LogP contribution in [0.3, 0.4) is 0 Å².